The molecule has 44 heavy (non-hydrogen) atoms. The lowest BCUT2D eigenvalue weighted by molar-refractivity contribution is -0.145. The second-order valence-corrected chi connectivity index (χ2v) is 11.8. The van der Waals surface area contributed by atoms with Crippen LogP contribution in [0.4, 0.5) is 4.79 Å². The Hall–Kier alpha value is -3.87. The number of ether oxygens (including phenoxy) is 1. The van der Waals surface area contributed by atoms with E-state index in [1.54, 1.807) is 26.0 Å². The molecule has 4 amide bonds. The third kappa shape index (κ3) is 12.4. The van der Waals surface area contributed by atoms with E-state index in [-0.39, 0.29) is 30.4 Å². The van der Waals surface area contributed by atoms with Crippen molar-refractivity contribution in [2.24, 2.45) is 17.6 Å². The number of rotatable bonds is 17. The molecule has 0 aliphatic heterocycles. The number of hydrogen-bond acceptors (Lipinski definition) is 8. The minimum atomic E-state index is -1.19. The Labute approximate surface area is 259 Å². The van der Waals surface area contributed by atoms with Gasteiger partial charge in [0.1, 0.15) is 29.9 Å². The molecule has 0 unspecified atom stereocenters. The summed E-state index contributed by atoms with van der Waals surface area (Å²) in [4.78, 5) is 64.2. The van der Waals surface area contributed by atoms with E-state index in [1.165, 1.54) is 19.2 Å². The number of unbranched alkanes of at least 4 members (excludes halogenated alkanes) is 1. The number of nitrogens with two attached hydrogens (primary N) is 1. The highest BCUT2D eigenvalue weighted by molar-refractivity contribution is 5.94. The highest BCUT2D eigenvalue weighted by Gasteiger charge is 2.33. The number of aliphatic carboxylic acids is 1. The average Bonchev–Trinajstić information content (AvgIpc) is 2.99. The van der Waals surface area contributed by atoms with E-state index in [0.29, 0.717) is 31.4 Å². The largest absolute Gasteiger partial charge is 0.508 e. The van der Waals surface area contributed by atoms with Gasteiger partial charge in [0.2, 0.25) is 11.8 Å². The minimum absolute atomic E-state index is 0.0603. The van der Waals surface area contributed by atoms with Crippen molar-refractivity contribution in [1.82, 2.24) is 21.3 Å². The first-order valence-corrected chi connectivity index (χ1v) is 15.4. The number of carboxylic acids is 1. The number of phenolic OH excluding ortho intramolecular Hbond substituents is 1. The van der Waals surface area contributed by atoms with Crippen LogP contribution in [0.2, 0.25) is 0 Å². The van der Waals surface area contributed by atoms with Crippen LogP contribution >= 0.6 is 0 Å². The molecular weight excluding hydrogens is 570 g/mol. The maximum atomic E-state index is 13.6. The lowest BCUT2D eigenvalue weighted by Gasteiger charge is -2.30. The molecule has 1 aromatic rings. The molecule has 0 bridgehead atoms. The smallest absolute Gasteiger partial charge is 0.328 e. The molecule has 1 fully saturated rings. The maximum absolute atomic E-state index is 13.6. The molecule has 8 N–H and O–H groups in total. The van der Waals surface area contributed by atoms with Gasteiger partial charge in [0.05, 0.1) is 7.11 Å². The van der Waals surface area contributed by atoms with Gasteiger partial charge in [-0.2, -0.15) is 0 Å². The Morgan fingerprint density at radius 1 is 0.886 bits per heavy atom. The molecule has 13 heteroatoms. The lowest BCUT2D eigenvalue weighted by Crippen LogP contribution is -2.59. The predicted molar refractivity (Wildman–Crippen MR) is 164 cm³/mol. The molecule has 13 nitrogen and oxygen atoms in total. The number of carboxylic acid groups (broad SMARTS) is 1. The van der Waals surface area contributed by atoms with Crippen LogP contribution in [0.1, 0.15) is 77.2 Å². The van der Waals surface area contributed by atoms with Gasteiger partial charge in [0, 0.05) is 6.42 Å². The third-order valence-electron chi connectivity index (χ3n) is 7.89. The number of hydrogen-bond donors (Lipinski definition) is 7. The SMILES string of the molecule is COC(=O)[C@H](Cc1ccc(O)cc1)NC(=O)[C@@H](NC(=O)[C@@H](CC1CCCCC1)NC(=O)N[C@@H](CCCCN)C(=O)O)C(C)C. The number of phenols is 1. The second kappa shape index (κ2) is 18.7. The molecule has 0 aromatic heterocycles. The topological polar surface area (TPSA) is 209 Å². The molecule has 1 aliphatic carbocycles. The second-order valence-electron chi connectivity index (χ2n) is 11.8. The molecular formula is C31H49N5O8. The summed E-state index contributed by atoms with van der Waals surface area (Å²) >= 11 is 0. The van der Waals surface area contributed by atoms with Crippen LogP contribution in [0.5, 0.6) is 5.75 Å². The number of nitrogens with one attached hydrogen (secondary N) is 4. The zero-order valence-corrected chi connectivity index (χ0v) is 26.0. The van der Waals surface area contributed by atoms with Gasteiger partial charge in [-0.3, -0.25) is 9.59 Å². The van der Waals surface area contributed by atoms with Crippen LogP contribution in [0.25, 0.3) is 0 Å². The Balaban J connectivity index is 2.17. The molecule has 246 valence electrons. The van der Waals surface area contributed by atoms with Crippen LogP contribution in [0.15, 0.2) is 24.3 Å². The number of urea groups is 1. The predicted octanol–water partition coefficient (Wildman–Crippen LogP) is 1.95. The number of benzene rings is 1. The van der Waals surface area contributed by atoms with Crippen molar-refractivity contribution in [3.8, 4) is 5.75 Å². The number of carbonyl (C=O) groups excluding carboxylic acids is 4. The van der Waals surface area contributed by atoms with Gasteiger partial charge in [-0.15, -0.1) is 0 Å². The van der Waals surface area contributed by atoms with Gasteiger partial charge in [-0.05, 0) is 61.8 Å². The monoisotopic (exact) mass is 619 g/mol. The fourth-order valence-corrected chi connectivity index (χ4v) is 5.35. The van der Waals surface area contributed by atoms with Crippen LogP contribution in [-0.2, 0) is 30.3 Å². The summed E-state index contributed by atoms with van der Waals surface area (Å²) in [5, 5.41) is 29.7. The Morgan fingerprint density at radius 2 is 1.52 bits per heavy atom. The number of esters is 1. The molecule has 0 saturated heterocycles. The van der Waals surface area contributed by atoms with E-state index in [4.69, 9.17) is 10.5 Å². The molecule has 2 rings (SSSR count). The van der Waals surface area contributed by atoms with Crippen molar-refractivity contribution >= 4 is 29.8 Å². The van der Waals surface area contributed by atoms with E-state index >= 15 is 0 Å². The zero-order valence-electron chi connectivity index (χ0n) is 26.0. The van der Waals surface area contributed by atoms with Crippen molar-refractivity contribution in [2.45, 2.75) is 102 Å². The van der Waals surface area contributed by atoms with Crippen molar-refractivity contribution in [2.75, 3.05) is 13.7 Å². The Kier molecular flexibility index (Phi) is 15.5. The lowest BCUT2D eigenvalue weighted by atomic mass is 9.84. The summed E-state index contributed by atoms with van der Waals surface area (Å²) < 4.78 is 4.88. The average molecular weight is 620 g/mol. The fraction of sp³-hybridized carbons (Fsp3) is 0.645. The third-order valence-corrected chi connectivity index (χ3v) is 7.89. The highest BCUT2D eigenvalue weighted by Crippen LogP contribution is 2.27. The van der Waals surface area contributed by atoms with E-state index in [0.717, 1.165) is 32.1 Å². The first-order chi connectivity index (χ1) is 20.9. The summed E-state index contributed by atoms with van der Waals surface area (Å²) in [6.45, 7) is 3.89. The summed E-state index contributed by atoms with van der Waals surface area (Å²) in [6.07, 6.45) is 6.69. The summed E-state index contributed by atoms with van der Waals surface area (Å²) in [5.74, 6) is -3.18. The van der Waals surface area contributed by atoms with Gasteiger partial charge >= 0.3 is 18.0 Å². The van der Waals surface area contributed by atoms with Crippen LogP contribution in [0, 0.1) is 11.8 Å². The van der Waals surface area contributed by atoms with Crippen molar-refractivity contribution in [3.63, 3.8) is 0 Å². The van der Waals surface area contributed by atoms with Gasteiger partial charge in [0.25, 0.3) is 0 Å². The van der Waals surface area contributed by atoms with Crippen LogP contribution < -0.4 is 27.0 Å². The quantitative estimate of drug-likeness (QED) is 0.100. The number of amides is 4. The van der Waals surface area contributed by atoms with E-state index in [1.807, 2.05) is 0 Å². The molecule has 4 atom stereocenters. The summed E-state index contributed by atoms with van der Waals surface area (Å²) in [6, 6.07) is 1.15. The van der Waals surface area contributed by atoms with Crippen LogP contribution in [0.3, 0.4) is 0 Å². The van der Waals surface area contributed by atoms with E-state index in [9.17, 15) is 34.2 Å². The Bertz CT molecular complexity index is 1090. The highest BCUT2D eigenvalue weighted by atomic mass is 16.5. The molecule has 0 spiro atoms. The van der Waals surface area contributed by atoms with Crippen molar-refractivity contribution in [3.05, 3.63) is 29.8 Å². The minimum Gasteiger partial charge on any atom is -0.508 e. The van der Waals surface area contributed by atoms with Crippen molar-refractivity contribution < 1.29 is 38.9 Å². The number of aromatic hydroxyl groups is 1. The molecule has 1 aromatic carbocycles. The molecule has 1 aliphatic rings. The summed E-state index contributed by atoms with van der Waals surface area (Å²) in [7, 11) is 1.21. The summed E-state index contributed by atoms with van der Waals surface area (Å²) in [5.41, 5.74) is 6.17. The zero-order chi connectivity index (χ0) is 32.6. The van der Waals surface area contributed by atoms with Gasteiger partial charge in [-0.25, -0.2) is 14.4 Å². The van der Waals surface area contributed by atoms with Gasteiger partial charge in [-0.1, -0.05) is 58.1 Å². The standard InChI is InChI=1S/C31H49N5O8/c1-19(2)26(28(39)33-25(30(42)44-3)18-21-12-14-22(37)15-13-21)36-27(38)24(17-20-9-5-4-6-10-20)35-31(43)34-23(29(40)41)11-7-8-16-32/h12-15,19-20,23-26,37H,4-11,16-18,32H2,1-3H3,(H,33,39)(H,36,38)(H,40,41)(H2,34,35,43)/t23-,24+,25-,26-/m0/s1. The van der Waals surface area contributed by atoms with Gasteiger partial charge in [0.15, 0.2) is 0 Å². The first-order valence-electron chi connectivity index (χ1n) is 15.4. The number of methoxy groups -OCH3 is 1. The fourth-order valence-electron chi connectivity index (χ4n) is 5.35. The van der Waals surface area contributed by atoms with Crippen molar-refractivity contribution in [1.29, 1.82) is 0 Å². The maximum Gasteiger partial charge on any atom is 0.328 e. The van der Waals surface area contributed by atoms with E-state index < -0.39 is 54.0 Å². The van der Waals surface area contributed by atoms with Gasteiger partial charge < -0.3 is 42.0 Å². The first kappa shape index (κ1) is 36.3. The Morgan fingerprint density at radius 3 is 2.09 bits per heavy atom. The normalized spacial score (nSPS) is 16.2. The molecule has 1 saturated carbocycles. The molecule has 0 radical (unpaired) electrons. The van der Waals surface area contributed by atoms with Crippen LogP contribution in [-0.4, -0.2) is 77.8 Å². The molecule has 0 heterocycles. The number of carbonyl (C=O) groups is 5. The van der Waals surface area contributed by atoms with E-state index in [2.05, 4.69) is 21.3 Å².